The van der Waals surface area contributed by atoms with Crippen molar-refractivity contribution in [2.75, 3.05) is 4.90 Å². The van der Waals surface area contributed by atoms with Crippen LogP contribution in [0.25, 0.3) is 54.9 Å². The highest BCUT2D eigenvalue weighted by molar-refractivity contribution is 6.06. The Hall–Kier alpha value is -7.10. The van der Waals surface area contributed by atoms with Gasteiger partial charge in [-0.25, -0.2) is 0 Å². The molecule has 0 N–H and O–H groups in total. The van der Waals surface area contributed by atoms with E-state index >= 15 is 0 Å². The van der Waals surface area contributed by atoms with Crippen LogP contribution in [0.15, 0.2) is 200 Å². The monoisotopic (exact) mass is 679 g/mol. The Morgan fingerprint density at radius 2 is 0.849 bits per heavy atom. The fourth-order valence-corrected chi connectivity index (χ4v) is 7.54. The fourth-order valence-electron chi connectivity index (χ4n) is 7.54. The van der Waals surface area contributed by atoms with Gasteiger partial charge in [-0.05, 0) is 98.8 Å². The average molecular weight is 680 g/mol. The summed E-state index contributed by atoms with van der Waals surface area (Å²) in [4.78, 5) is 2.35. The number of fused-ring (bicyclic) bond motifs is 2. The largest absolute Gasteiger partial charge is 0.453 e. The van der Waals surface area contributed by atoms with Crippen molar-refractivity contribution in [2.24, 2.45) is 0 Å². The first-order valence-corrected chi connectivity index (χ1v) is 17.9. The summed E-state index contributed by atoms with van der Waals surface area (Å²) >= 11 is 0. The molecule has 0 spiro atoms. The predicted molar refractivity (Wildman–Crippen MR) is 219 cm³/mol. The molecule has 10 rings (SSSR count). The fraction of sp³-hybridized carbons (Fsp3) is 0. The third-order valence-corrected chi connectivity index (χ3v) is 10.1. The maximum atomic E-state index is 6.56. The minimum atomic E-state index is 0.695. The first kappa shape index (κ1) is 30.7. The molecule has 1 aliphatic heterocycles. The van der Waals surface area contributed by atoms with Gasteiger partial charge >= 0.3 is 0 Å². The lowest BCUT2D eigenvalue weighted by molar-refractivity contribution is 0.439. The summed E-state index contributed by atoms with van der Waals surface area (Å²) in [6.45, 7) is 0. The van der Waals surface area contributed by atoms with Crippen LogP contribution in [0.1, 0.15) is 0 Å². The van der Waals surface area contributed by atoms with Gasteiger partial charge in [-0.3, -0.25) is 0 Å². The highest BCUT2D eigenvalue weighted by Crippen LogP contribution is 2.48. The van der Waals surface area contributed by atoms with Gasteiger partial charge in [-0.1, -0.05) is 146 Å². The maximum Gasteiger partial charge on any atom is 0.170 e. The molecular weight excluding hydrogens is 647 g/mol. The minimum absolute atomic E-state index is 0.695. The first-order valence-electron chi connectivity index (χ1n) is 17.9. The molecule has 53 heavy (non-hydrogen) atoms. The van der Waals surface area contributed by atoms with Gasteiger partial charge in [0.05, 0.1) is 11.1 Å². The number of para-hydroxylation sites is 1. The van der Waals surface area contributed by atoms with Crippen molar-refractivity contribution in [2.45, 2.75) is 0 Å². The zero-order chi connectivity index (χ0) is 35.1. The second-order valence-corrected chi connectivity index (χ2v) is 13.3. The molecule has 0 amide bonds. The molecule has 0 unspecified atom stereocenters. The minimum Gasteiger partial charge on any atom is -0.453 e. The first-order chi connectivity index (χ1) is 26.3. The van der Waals surface area contributed by atoms with E-state index in [1.165, 1.54) is 22.3 Å². The van der Waals surface area contributed by atoms with Crippen LogP contribution in [0.2, 0.25) is 0 Å². The van der Waals surface area contributed by atoms with Gasteiger partial charge in [0.1, 0.15) is 11.5 Å². The smallest absolute Gasteiger partial charge is 0.170 e. The number of rotatable bonds is 6. The van der Waals surface area contributed by atoms with Gasteiger partial charge in [0, 0.05) is 16.8 Å². The topological polar surface area (TPSA) is 21.7 Å². The molecule has 1 heterocycles. The number of anilines is 3. The second-order valence-electron chi connectivity index (χ2n) is 13.3. The molecule has 9 aromatic carbocycles. The summed E-state index contributed by atoms with van der Waals surface area (Å²) in [6, 6.07) is 70.4. The summed E-state index contributed by atoms with van der Waals surface area (Å²) in [6.07, 6.45) is 0. The molecule has 0 atom stereocenters. The van der Waals surface area contributed by atoms with Crippen molar-refractivity contribution < 1.29 is 9.47 Å². The van der Waals surface area contributed by atoms with E-state index < -0.39 is 0 Å². The normalized spacial score (nSPS) is 11.7. The van der Waals surface area contributed by atoms with Crippen molar-refractivity contribution in [3.05, 3.63) is 200 Å². The van der Waals surface area contributed by atoms with Crippen LogP contribution in [0.5, 0.6) is 23.0 Å². The Balaban J connectivity index is 1.03. The molecule has 0 bridgehead atoms. The Bertz CT molecular complexity index is 2750. The Kier molecular flexibility index (Phi) is 7.47. The zero-order valence-corrected chi connectivity index (χ0v) is 28.8. The number of nitrogens with zero attached hydrogens (tertiary/aromatic N) is 1. The lowest BCUT2D eigenvalue weighted by atomic mass is 9.96. The van der Waals surface area contributed by atoms with Crippen molar-refractivity contribution >= 4 is 38.6 Å². The Labute approximate surface area is 308 Å². The molecule has 0 radical (unpaired) electrons. The van der Waals surface area contributed by atoms with Crippen LogP contribution >= 0.6 is 0 Å². The molecule has 0 aliphatic carbocycles. The molecule has 3 nitrogen and oxygen atoms in total. The van der Waals surface area contributed by atoms with E-state index in [-0.39, 0.29) is 0 Å². The predicted octanol–water partition coefficient (Wildman–Crippen LogP) is 14.4. The molecule has 0 saturated heterocycles. The lowest BCUT2D eigenvalue weighted by Gasteiger charge is -2.27. The van der Waals surface area contributed by atoms with Crippen molar-refractivity contribution in [3.8, 4) is 56.4 Å². The average Bonchev–Trinajstić information content (AvgIpc) is 3.39. The molecule has 0 fully saturated rings. The standard InChI is InChI=1S/C50H33NO2/c1-3-11-34(12-4-1)35-21-23-36(24-22-35)37-25-28-41(29-26-37)51(40-15-5-2-6-16-40)45-31-30-42(43-17-7-8-18-44(43)45)39-27-32-46-49(33-39)53-48-20-10-14-38-13-9-19-47(52-46)50(38)48/h1-33H. The Morgan fingerprint density at radius 3 is 1.53 bits per heavy atom. The van der Waals surface area contributed by atoms with E-state index in [1.807, 2.05) is 30.3 Å². The lowest BCUT2D eigenvalue weighted by Crippen LogP contribution is -2.10. The zero-order valence-electron chi connectivity index (χ0n) is 28.8. The highest BCUT2D eigenvalue weighted by atomic mass is 16.5. The van der Waals surface area contributed by atoms with Crippen LogP contribution in [-0.2, 0) is 0 Å². The molecule has 3 heteroatoms. The third kappa shape index (κ3) is 5.56. The van der Waals surface area contributed by atoms with E-state index in [4.69, 9.17) is 9.47 Å². The van der Waals surface area contributed by atoms with Gasteiger partial charge in [-0.2, -0.15) is 0 Å². The number of benzene rings is 9. The summed E-state index contributed by atoms with van der Waals surface area (Å²) in [5, 5.41) is 4.38. The third-order valence-electron chi connectivity index (χ3n) is 10.1. The van der Waals surface area contributed by atoms with Crippen LogP contribution in [0, 0.1) is 0 Å². The van der Waals surface area contributed by atoms with E-state index in [1.54, 1.807) is 0 Å². The van der Waals surface area contributed by atoms with Crippen LogP contribution in [0.4, 0.5) is 17.1 Å². The van der Waals surface area contributed by atoms with Crippen molar-refractivity contribution in [1.29, 1.82) is 0 Å². The van der Waals surface area contributed by atoms with Crippen LogP contribution < -0.4 is 14.4 Å². The number of ether oxygens (including phenoxy) is 2. The van der Waals surface area contributed by atoms with E-state index in [0.717, 1.165) is 61.2 Å². The maximum absolute atomic E-state index is 6.56. The quantitative estimate of drug-likeness (QED) is 0.175. The molecule has 0 saturated carbocycles. The van der Waals surface area contributed by atoms with Gasteiger partial charge in [0.2, 0.25) is 0 Å². The van der Waals surface area contributed by atoms with Gasteiger partial charge in [-0.15, -0.1) is 0 Å². The highest BCUT2D eigenvalue weighted by Gasteiger charge is 2.21. The SMILES string of the molecule is c1ccc(-c2ccc(-c3ccc(N(c4ccccc4)c4ccc(-c5ccc6c(c5)Oc5cccc7cccc(c57)O6)c5ccccc45)cc3)cc2)cc1. The van der Waals surface area contributed by atoms with Crippen molar-refractivity contribution in [3.63, 3.8) is 0 Å². The molecule has 9 aromatic rings. The van der Waals surface area contributed by atoms with E-state index in [2.05, 4.69) is 175 Å². The number of hydrogen-bond donors (Lipinski definition) is 0. The summed E-state index contributed by atoms with van der Waals surface area (Å²) in [5.74, 6) is 2.99. The van der Waals surface area contributed by atoms with E-state index in [9.17, 15) is 0 Å². The van der Waals surface area contributed by atoms with Gasteiger partial charge in [0.15, 0.2) is 11.5 Å². The van der Waals surface area contributed by atoms with Crippen molar-refractivity contribution in [1.82, 2.24) is 0 Å². The Morgan fingerprint density at radius 1 is 0.321 bits per heavy atom. The summed E-state index contributed by atoms with van der Waals surface area (Å²) in [7, 11) is 0. The van der Waals surface area contributed by atoms with Gasteiger partial charge in [0.25, 0.3) is 0 Å². The van der Waals surface area contributed by atoms with E-state index in [0.29, 0.717) is 11.5 Å². The second kappa shape index (κ2) is 12.9. The number of hydrogen-bond acceptors (Lipinski definition) is 3. The molecule has 250 valence electrons. The van der Waals surface area contributed by atoms with Crippen LogP contribution in [0.3, 0.4) is 0 Å². The van der Waals surface area contributed by atoms with Crippen LogP contribution in [-0.4, -0.2) is 0 Å². The molecule has 0 aromatic heterocycles. The van der Waals surface area contributed by atoms with Gasteiger partial charge < -0.3 is 14.4 Å². The molecular formula is C50H33NO2. The molecule has 1 aliphatic rings. The summed E-state index contributed by atoms with van der Waals surface area (Å²) in [5.41, 5.74) is 10.3. The summed E-state index contributed by atoms with van der Waals surface area (Å²) < 4.78 is 13.0.